The summed E-state index contributed by atoms with van der Waals surface area (Å²) >= 11 is 7.59. The lowest BCUT2D eigenvalue weighted by Crippen LogP contribution is -2.25. The molecule has 0 radical (unpaired) electrons. The van der Waals surface area contributed by atoms with Crippen LogP contribution in [0.4, 0.5) is 0 Å². The van der Waals surface area contributed by atoms with Crippen molar-refractivity contribution in [2.75, 3.05) is 13.1 Å². The average molecular weight is 425 g/mol. The van der Waals surface area contributed by atoms with Crippen molar-refractivity contribution in [1.82, 2.24) is 5.32 Å². The van der Waals surface area contributed by atoms with Crippen molar-refractivity contribution in [3.05, 3.63) is 64.9 Å². The Morgan fingerprint density at radius 3 is 2.59 bits per heavy atom. The minimum Gasteiger partial charge on any atom is -0.451 e. The van der Waals surface area contributed by atoms with E-state index in [2.05, 4.69) is 5.32 Å². The summed E-state index contributed by atoms with van der Waals surface area (Å²) in [4.78, 5) is 13.7. The third-order valence-electron chi connectivity index (χ3n) is 4.02. The summed E-state index contributed by atoms with van der Waals surface area (Å²) in [6.45, 7) is 1.22. The number of rotatable bonds is 8. The highest BCUT2D eigenvalue weighted by Gasteiger charge is 2.20. The molecule has 27 heavy (non-hydrogen) atoms. The number of thioether (sulfide) groups is 1. The molecule has 3 N–H and O–H groups in total. The van der Waals surface area contributed by atoms with E-state index in [-0.39, 0.29) is 18.3 Å². The van der Waals surface area contributed by atoms with Crippen LogP contribution in [0.3, 0.4) is 0 Å². The first-order valence-corrected chi connectivity index (χ1v) is 9.92. The number of amides is 1. The molecule has 4 nitrogen and oxygen atoms in total. The van der Waals surface area contributed by atoms with Crippen LogP contribution in [0.2, 0.25) is 5.02 Å². The Morgan fingerprint density at radius 1 is 1.11 bits per heavy atom. The Bertz CT molecular complexity index is 881. The SMILES string of the molecule is Cl.NCCCCNC(=O)c1oc2ccccc2c1CSc1ccc(Cl)cc1. The number of furan rings is 1. The summed E-state index contributed by atoms with van der Waals surface area (Å²) in [5.74, 6) is 0.856. The van der Waals surface area contributed by atoms with Crippen molar-refractivity contribution in [3.63, 3.8) is 0 Å². The van der Waals surface area contributed by atoms with Gasteiger partial charge in [-0.2, -0.15) is 0 Å². The van der Waals surface area contributed by atoms with Crippen LogP contribution in [0, 0.1) is 0 Å². The highest BCUT2D eigenvalue weighted by Crippen LogP contribution is 2.32. The molecule has 0 saturated carbocycles. The predicted molar refractivity (Wildman–Crippen MR) is 115 cm³/mol. The number of nitrogens with one attached hydrogen (secondary N) is 1. The number of nitrogens with two attached hydrogens (primary N) is 1. The molecular weight excluding hydrogens is 403 g/mol. The van der Waals surface area contributed by atoms with Gasteiger partial charge in [-0.3, -0.25) is 4.79 Å². The van der Waals surface area contributed by atoms with Gasteiger partial charge in [0.2, 0.25) is 0 Å². The topological polar surface area (TPSA) is 68.3 Å². The number of carbonyl (C=O) groups excluding carboxylic acids is 1. The van der Waals surface area contributed by atoms with E-state index in [9.17, 15) is 4.79 Å². The van der Waals surface area contributed by atoms with Gasteiger partial charge in [0.05, 0.1) is 0 Å². The number of hydrogen-bond acceptors (Lipinski definition) is 4. The zero-order valence-corrected chi connectivity index (χ0v) is 17.1. The molecule has 1 aromatic heterocycles. The lowest BCUT2D eigenvalue weighted by molar-refractivity contribution is 0.0926. The minimum atomic E-state index is -0.176. The number of para-hydroxylation sites is 1. The third-order valence-corrected chi connectivity index (χ3v) is 5.31. The highest BCUT2D eigenvalue weighted by molar-refractivity contribution is 7.98. The molecule has 3 rings (SSSR count). The van der Waals surface area contributed by atoms with Gasteiger partial charge in [0, 0.05) is 33.2 Å². The van der Waals surface area contributed by atoms with E-state index in [0.29, 0.717) is 29.6 Å². The summed E-state index contributed by atoms with van der Waals surface area (Å²) in [7, 11) is 0. The maximum Gasteiger partial charge on any atom is 0.287 e. The van der Waals surface area contributed by atoms with E-state index in [1.165, 1.54) is 0 Å². The molecule has 7 heteroatoms. The quantitative estimate of drug-likeness (QED) is 0.381. The van der Waals surface area contributed by atoms with E-state index in [1.54, 1.807) is 11.8 Å². The minimum absolute atomic E-state index is 0. The number of fused-ring (bicyclic) bond motifs is 1. The second kappa shape index (κ2) is 10.6. The van der Waals surface area contributed by atoms with Crippen LogP contribution in [0.5, 0.6) is 0 Å². The molecule has 0 aliphatic rings. The molecule has 3 aromatic rings. The molecule has 2 aromatic carbocycles. The van der Waals surface area contributed by atoms with Gasteiger partial charge in [-0.1, -0.05) is 29.8 Å². The zero-order valence-electron chi connectivity index (χ0n) is 14.7. The van der Waals surface area contributed by atoms with Crippen LogP contribution in [0.25, 0.3) is 11.0 Å². The van der Waals surface area contributed by atoms with Crippen molar-refractivity contribution >= 4 is 52.6 Å². The fourth-order valence-corrected chi connectivity index (χ4v) is 3.72. The van der Waals surface area contributed by atoms with Crippen LogP contribution >= 0.6 is 35.8 Å². The Balaban J connectivity index is 0.00000261. The molecular formula is C20H22Cl2N2O2S. The second-order valence-electron chi connectivity index (χ2n) is 5.90. The van der Waals surface area contributed by atoms with Gasteiger partial charge < -0.3 is 15.5 Å². The largest absolute Gasteiger partial charge is 0.451 e. The molecule has 1 heterocycles. The summed E-state index contributed by atoms with van der Waals surface area (Å²) < 4.78 is 5.85. The number of halogens is 2. The van der Waals surface area contributed by atoms with Gasteiger partial charge in [-0.15, -0.1) is 24.2 Å². The number of hydrogen-bond donors (Lipinski definition) is 2. The molecule has 0 aliphatic heterocycles. The maximum absolute atomic E-state index is 12.6. The zero-order chi connectivity index (χ0) is 18.4. The highest BCUT2D eigenvalue weighted by atomic mass is 35.5. The fourth-order valence-electron chi connectivity index (χ4n) is 2.66. The lowest BCUT2D eigenvalue weighted by atomic mass is 10.1. The monoisotopic (exact) mass is 424 g/mol. The number of benzene rings is 2. The third kappa shape index (κ3) is 5.66. The second-order valence-corrected chi connectivity index (χ2v) is 7.39. The van der Waals surface area contributed by atoms with Crippen LogP contribution < -0.4 is 11.1 Å². The smallest absolute Gasteiger partial charge is 0.287 e. The van der Waals surface area contributed by atoms with E-state index in [4.69, 9.17) is 21.8 Å². The van der Waals surface area contributed by atoms with Crippen molar-refractivity contribution < 1.29 is 9.21 Å². The number of carbonyl (C=O) groups is 1. The van der Waals surface area contributed by atoms with Crippen molar-refractivity contribution in [2.24, 2.45) is 5.73 Å². The molecule has 0 atom stereocenters. The Labute approximate surface area is 174 Å². The molecule has 144 valence electrons. The molecule has 0 aliphatic carbocycles. The van der Waals surface area contributed by atoms with Crippen LogP contribution in [-0.4, -0.2) is 19.0 Å². The van der Waals surface area contributed by atoms with Gasteiger partial charge >= 0.3 is 0 Å². The summed E-state index contributed by atoms with van der Waals surface area (Å²) in [6, 6.07) is 15.4. The molecule has 0 spiro atoms. The van der Waals surface area contributed by atoms with Crippen LogP contribution in [0.1, 0.15) is 29.0 Å². The first-order chi connectivity index (χ1) is 12.7. The predicted octanol–water partition coefficient (Wildman–Crippen LogP) is 5.27. The molecule has 0 bridgehead atoms. The molecule has 1 amide bonds. The average Bonchev–Trinajstić information content (AvgIpc) is 3.03. The van der Waals surface area contributed by atoms with E-state index in [0.717, 1.165) is 34.3 Å². The Hall–Kier alpha value is -1.66. The van der Waals surface area contributed by atoms with Gasteiger partial charge in [0.1, 0.15) is 5.58 Å². The summed E-state index contributed by atoms with van der Waals surface area (Å²) in [5, 5.41) is 4.61. The van der Waals surface area contributed by atoms with Crippen molar-refractivity contribution in [1.29, 1.82) is 0 Å². The van der Waals surface area contributed by atoms with E-state index >= 15 is 0 Å². The van der Waals surface area contributed by atoms with Crippen LogP contribution in [-0.2, 0) is 5.75 Å². The van der Waals surface area contributed by atoms with Gasteiger partial charge in [0.15, 0.2) is 5.76 Å². The maximum atomic E-state index is 12.6. The fraction of sp³-hybridized carbons (Fsp3) is 0.250. The standard InChI is InChI=1S/C20H21ClN2O2S.ClH/c21-14-7-9-15(10-8-14)26-13-17-16-5-1-2-6-18(16)25-19(17)20(24)23-12-4-3-11-22;/h1-2,5-10H,3-4,11-13,22H2,(H,23,24);1H. The van der Waals surface area contributed by atoms with Crippen molar-refractivity contribution in [2.45, 2.75) is 23.5 Å². The summed E-state index contributed by atoms with van der Waals surface area (Å²) in [6.07, 6.45) is 1.75. The van der Waals surface area contributed by atoms with Gasteiger partial charge in [-0.25, -0.2) is 0 Å². The van der Waals surface area contributed by atoms with Gasteiger partial charge in [0.25, 0.3) is 5.91 Å². The van der Waals surface area contributed by atoms with E-state index < -0.39 is 0 Å². The summed E-state index contributed by atoms with van der Waals surface area (Å²) in [5.41, 5.74) is 7.14. The van der Waals surface area contributed by atoms with Crippen LogP contribution in [0.15, 0.2) is 57.8 Å². The molecule has 0 fully saturated rings. The van der Waals surface area contributed by atoms with Gasteiger partial charge in [-0.05, 0) is 49.7 Å². The van der Waals surface area contributed by atoms with Crippen molar-refractivity contribution in [3.8, 4) is 0 Å². The first kappa shape index (κ1) is 21.6. The Morgan fingerprint density at radius 2 is 1.85 bits per heavy atom. The molecule has 0 saturated heterocycles. The Kier molecular flexibility index (Phi) is 8.51. The number of unbranched alkanes of at least 4 members (excludes halogenated alkanes) is 1. The lowest BCUT2D eigenvalue weighted by Gasteiger charge is -2.06. The van der Waals surface area contributed by atoms with E-state index in [1.807, 2.05) is 48.5 Å². The first-order valence-electron chi connectivity index (χ1n) is 8.56. The molecule has 0 unspecified atom stereocenters. The normalized spacial score (nSPS) is 10.6.